The Kier molecular flexibility index (Phi) is 8.69. The van der Waals surface area contributed by atoms with Gasteiger partial charge in [0.1, 0.15) is 5.00 Å². The van der Waals surface area contributed by atoms with Crippen LogP contribution in [0.2, 0.25) is 0 Å². The zero-order valence-electron chi connectivity index (χ0n) is 18.7. The van der Waals surface area contributed by atoms with Gasteiger partial charge in [-0.3, -0.25) is 14.3 Å². The van der Waals surface area contributed by atoms with E-state index in [2.05, 4.69) is 26.3 Å². The first kappa shape index (κ1) is 26.8. The molecule has 0 spiro atoms. The van der Waals surface area contributed by atoms with E-state index in [1.54, 1.807) is 21.0 Å². The molecule has 0 saturated carbocycles. The number of esters is 1. The molecule has 182 valence electrons. The maximum absolute atomic E-state index is 13.0. The molecule has 0 aromatic carbocycles. The summed E-state index contributed by atoms with van der Waals surface area (Å²) in [5.41, 5.74) is -0.368. The van der Waals surface area contributed by atoms with Crippen molar-refractivity contribution in [1.82, 2.24) is 14.7 Å². The van der Waals surface area contributed by atoms with Crippen LogP contribution in [0.3, 0.4) is 0 Å². The first-order valence-corrected chi connectivity index (χ1v) is 11.5. The standard InChI is InChI=1S/C20H24BrF3N4O4S/c1-6-9-32-19(31)13-10(2)15(18(30)27(4)5)33-17(13)25-12(29)7-8-28-11(3)14(21)16(26-28)20(22,23)24/h6-9H2,1-5H3,(H,25,29). The van der Waals surface area contributed by atoms with E-state index in [0.29, 0.717) is 12.0 Å². The van der Waals surface area contributed by atoms with Crippen molar-refractivity contribution in [2.45, 2.75) is 46.3 Å². The Balaban J connectivity index is 2.25. The predicted molar refractivity (Wildman–Crippen MR) is 121 cm³/mol. The van der Waals surface area contributed by atoms with Gasteiger partial charge in [0.25, 0.3) is 5.91 Å². The Hall–Kier alpha value is -2.41. The fourth-order valence-corrected chi connectivity index (χ4v) is 4.58. The molecule has 0 saturated heterocycles. The lowest BCUT2D eigenvalue weighted by molar-refractivity contribution is -0.142. The van der Waals surface area contributed by atoms with Crippen molar-refractivity contribution >= 4 is 50.1 Å². The molecule has 0 aliphatic heterocycles. The number of anilines is 1. The summed E-state index contributed by atoms with van der Waals surface area (Å²) in [6.07, 6.45) is -4.24. The molecule has 0 fully saturated rings. The lowest BCUT2D eigenvalue weighted by Gasteiger charge is -2.09. The van der Waals surface area contributed by atoms with Crippen molar-refractivity contribution in [3.8, 4) is 0 Å². The average Bonchev–Trinajstić information content (AvgIpc) is 3.20. The number of aromatic nitrogens is 2. The number of aryl methyl sites for hydroxylation is 1. The van der Waals surface area contributed by atoms with Gasteiger partial charge >= 0.3 is 12.1 Å². The van der Waals surface area contributed by atoms with Gasteiger partial charge in [0.05, 0.1) is 33.8 Å². The molecule has 33 heavy (non-hydrogen) atoms. The molecule has 1 N–H and O–H groups in total. The lowest BCUT2D eigenvalue weighted by Crippen LogP contribution is -2.21. The van der Waals surface area contributed by atoms with Crippen molar-refractivity contribution in [2.24, 2.45) is 0 Å². The van der Waals surface area contributed by atoms with E-state index in [9.17, 15) is 27.6 Å². The van der Waals surface area contributed by atoms with Crippen molar-refractivity contribution < 1.29 is 32.3 Å². The number of hydrogen-bond acceptors (Lipinski definition) is 6. The third-order valence-corrected chi connectivity index (χ3v) is 6.74. The Bertz CT molecular complexity index is 1060. The molecule has 2 aromatic rings. The zero-order chi connectivity index (χ0) is 25.1. The number of nitrogens with one attached hydrogen (secondary N) is 1. The number of alkyl halides is 3. The highest BCUT2D eigenvalue weighted by atomic mass is 79.9. The predicted octanol–water partition coefficient (Wildman–Crippen LogP) is 4.64. The summed E-state index contributed by atoms with van der Waals surface area (Å²) in [7, 11) is 3.13. The van der Waals surface area contributed by atoms with Gasteiger partial charge in [-0.25, -0.2) is 4.79 Å². The van der Waals surface area contributed by atoms with Gasteiger partial charge < -0.3 is 15.0 Å². The fourth-order valence-electron chi connectivity index (χ4n) is 2.84. The number of thiophene rings is 1. The highest BCUT2D eigenvalue weighted by Gasteiger charge is 2.38. The van der Waals surface area contributed by atoms with E-state index >= 15 is 0 Å². The van der Waals surface area contributed by atoms with Crippen molar-refractivity contribution in [3.63, 3.8) is 0 Å². The highest BCUT2D eigenvalue weighted by Crippen LogP contribution is 2.36. The molecule has 0 aliphatic rings. The van der Waals surface area contributed by atoms with E-state index in [-0.39, 0.29) is 51.1 Å². The van der Waals surface area contributed by atoms with Crippen molar-refractivity contribution in [2.75, 3.05) is 26.0 Å². The molecule has 2 aromatic heterocycles. The minimum absolute atomic E-state index is 0.0874. The molecule has 0 atom stereocenters. The Morgan fingerprint density at radius 2 is 1.88 bits per heavy atom. The largest absolute Gasteiger partial charge is 0.462 e. The molecule has 2 heterocycles. The summed E-state index contributed by atoms with van der Waals surface area (Å²) in [5, 5.41) is 6.29. The summed E-state index contributed by atoms with van der Waals surface area (Å²) in [6, 6.07) is 0. The van der Waals surface area contributed by atoms with Gasteiger partial charge in [0.2, 0.25) is 5.91 Å². The first-order chi connectivity index (χ1) is 15.3. The Morgan fingerprint density at radius 1 is 1.24 bits per heavy atom. The van der Waals surface area contributed by atoms with Gasteiger partial charge in [0.15, 0.2) is 5.69 Å². The summed E-state index contributed by atoms with van der Waals surface area (Å²) >= 11 is 3.83. The van der Waals surface area contributed by atoms with Crippen LogP contribution in [0.5, 0.6) is 0 Å². The van der Waals surface area contributed by atoms with Gasteiger partial charge in [-0.15, -0.1) is 11.3 Å². The number of rotatable bonds is 8. The molecule has 2 amide bonds. The topological polar surface area (TPSA) is 93.5 Å². The molecule has 8 nitrogen and oxygen atoms in total. The SMILES string of the molecule is CCCOC(=O)c1c(NC(=O)CCn2nc(C(F)(F)F)c(Br)c2C)sc(C(=O)N(C)C)c1C. The van der Waals surface area contributed by atoms with E-state index in [0.717, 1.165) is 16.0 Å². The second-order valence-corrected chi connectivity index (χ2v) is 9.18. The molecule has 0 bridgehead atoms. The zero-order valence-corrected chi connectivity index (χ0v) is 21.1. The number of hydrogen-bond donors (Lipinski definition) is 1. The first-order valence-electron chi connectivity index (χ1n) is 9.91. The van der Waals surface area contributed by atoms with Crippen LogP contribution >= 0.6 is 27.3 Å². The molecule has 2 rings (SSSR count). The minimum atomic E-state index is -4.63. The number of amides is 2. The molecule has 0 radical (unpaired) electrons. The highest BCUT2D eigenvalue weighted by molar-refractivity contribution is 9.10. The second kappa shape index (κ2) is 10.7. The number of nitrogens with zero attached hydrogens (tertiary/aromatic N) is 3. The molecule has 13 heteroatoms. The van der Waals surface area contributed by atoms with Gasteiger partial charge in [-0.05, 0) is 41.8 Å². The van der Waals surface area contributed by atoms with Crippen LogP contribution in [-0.4, -0.2) is 53.2 Å². The van der Waals surface area contributed by atoms with Crippen molar-refractivity contribution in [3.05, 3.63) is 31.9 Å². The lowest BCUT2D eigenvalue weighted by atomic mass is 10.1. The third-order valence-electron chi connectivity index (χ3n) is 4.59. The average molecular weight is 553 g/mol. The fraction of sp³-hybridized carbons (Fsp3) is 0.500. The third kappa shape index (κ3) is 6.14. The molecule has 0 aliphatic carbocycles. The molecular formula is C20H24BrF3N4O4S. The number of carbonyl (C=O) groups is 3. The van der Waals surface area contributed by atoms with Crippen LogP contribution in [0.15, 0.2) is 4.47 Å². The van der Waals surface area contributed by atoms with Gasteiger partial charge in [0, 0.05) is 20.5 Å². The normalized spacial score (nSPS) is 11.4. The van der Waals surface area contributed by atoms with E-state index in [1.165, 1.54) is 11.8 Å². The van der Waals surface area contributed by atoms with Crippen LogP contribution in [0.1, 0.15) is 56.7 Å². The second-order valence-electron chi connectivity index (χ2n) is 7.36. The van der Waals surface area contributed by atoms with Gasteiger partial charge in [-0.2, -0.15) is 18.3 Å². The molecule has 0 unspecified atom stereocenters. The van der Waals surface area contributed by atoms with E-state index < -0.39 is 23.7 Å². The maximum Gasteiger partial charge on any atom is 0.436 e. The van der Waals surface area contributed by atoms with E-state index in [4.69, 9.17) is 4.74 Å². The summed E-state index contributed by atoms with van der Waals surface area (Å²) in [5.74, 6) is -1.55. The van der Waals surface area contributed by atoms with Crippen LogP contribution in [0.4, 0.5) is 18.2 Å². The van der Waals surface area contributed by atoms with Crippen LogP contribution in [0, 0.1) is 13.8 Å². The Morgan fingerprint density at radius 3 is 2.39 bits per heavy atom. The maximum atomic E-state index is 13.0. The smallest absolute Gasteiger partial charge is 0.436 e. The minimum Gasteiger partial charge on any atom is -0.462 e. The van der Waals surface area contributed by atoms with Crippen LogP contribution < -0.4 is 5.32 Å². The number of carbonyl (C=O) groups excluding carboxylic acids is 3. The molecular weight excluding hydrogens is 529 g/mol. The number of halogens is 4. The van der Waals surface area contributed by atoms with Gasteiger partial charge in [-0.1, -0.05) is 6.92 Å². The quantitative estimate of drug-likeness (QED) is 0.481. The van der Waals surface area contributed by atoms with Crippen LogP contribution in [0.25, 0.3) is 0 Å². The Labute approximate surface area is 201 Å². The van der Waals surface area contributed by atoms with Crippen molar-refractivity contribution in [1.29, 1.82) is 0 Å². The number of ether oxygens (including phenoxy) is 1. The summed E-state index contributed by atoms with van der Waals surface area (Å²) < 4.78 is 45.2. The summed E-state index contributed by atoms with van der Waals surface area (Å²) in [6.45, 7) is 4.93. The van der Waals surface area contributed by atoms with Crippen LogP contribution in [-0.2, 0) is 22.3 Å². The van der Waals surface area contributed by atoms with E-state index in [1.807, 2.05) is 6.92 Å². The summed E-state index contributed by atoms with van der Waals surface area (Å²) in [4.78, 5) is 39.3. The monoisotopic (exact) mass is 552 g/mol.